The Morgan fingerprint density at radius 1 is 1.32 bits per heavy atom. The van der Waals surface area contributed by atoms with Crippen LogP contribution >= 0.6 is 0 Å². The number of aryl methyl sites for hydroxylation is 1. The molecule has 1 aliphatic rings. The lowest BCUT2D eigenvalue weighted by atomic mass is 10.0. The number of carbonyl (C=O) groups is 1. The fourth-order valence-corrected chi connectivity index (χ4v) is 3.08. The van der Waals surface area contributed by atoms with Gasteiger partial charge in [-0.15, -0.1) is 5.10 Å². The highest BCUT2D eigenvalue weighted by Gasteiger charge is 2.37. The molecular formula is C18H21FN4O2. The molecule has 1 fully saturated rings. The van der Waals surface area contributed by atoms with E-state index in [1.807, 2.05) is 20.2 Å². The number of aromatic nitrogens is 3. The Kier molecular flexibility index (Phi) is 4.94. The molecular weight excluding hydrogens is 323 g/mol. The fraction of sp³-hybridized carbons (Fsp3) is 0.389. The normalized spacial score (nSPS) is 21.0. The average Bonchev–Trinajstić information content (AvgIpc) is 3.21. The summed E-state index contributed by atoms with van der Waals surface area (Å²) in [6.45, 7) is 2.88. The molecule has 1 aromatic heterocycles. The van der Waals surface area contributed by atoms with Crippen molar-refractivity contribution in [3.63, 3.8) is 0 Å². The number of amides is 1. The van der Waals surface area contributed by atoms with Crippen LogP contribution in [-0.4, -0.2) is 52.1 Å². The first-order valence-electron chi connectivity index (χ1n) is 8.10. The molecule has 132 valence electrons. The van der Waals surface area contributed by atoms with Gasteiger partial charge in [0, 0.05) is 39.5 Å². The number of allylic oxidation sites excluding steroid dienone is 1. The molecule has 0 radical (unpaired) electrons. The Morgan fingerprint density at radius 2 is 2.04 bits per heavy atom. The van der Waals surface area contributed by atoms with Crippen LogP contribution in [0.4, 0.5) is 4.39 Å². The largest absolute Gasteiger partial charge is 0.379 e. The zero-order valence-corrected chi connectivity index (χ0v) is 14.5. The molecule has 1 aliphatic heterocycles. The van der Waals surface area contributed by atoms with E-state index in [1.165, 1.54) is 12.1 Å². The Balaban J connectivity index is 1.74. The van der Waals surface area contributed by atoms with Crippen LogP contribution in [0.25, 0.3) is 5.57 Å². The lowest BCUT2D eigenvalue weighted by Gasteiger charge is -2.14. The number of benzene rings is 1. The monoisotopic (exact) mass is 344 g/mol. The number of hydrogen-bond donors (Lipinski definition) is 0. The second-order valence-electron chi connectivity index (χ2n) is 6.28. The van der Waals surface area contributed by atoms with Gasteiger partial charge in [0.15, 0.2) is 0 Å². The lowest BCUT2D eigenvalue weighted by molar-refractivity contribution is -0.125. The predicted octanol–water partition coefficient (Wildman–Crippen LogP) is 2.00. The lowest BCUT2D eigenvalue weighted by Crippen LogP contribution is -2.28. The summed E-state index contributed by atoms with van der Waals surface area (Å²) >= 11 is 0. The van der Waals surface area contributed by atoms with E-state index >= 15 is 0 Å². The standard InChI is InChI=1S/C18H21FN4O2/c1-12(13-4-6-14(19)7-5-13)8-18(24)23-9-15(17(11-23)25-3)16-10-22(2)21-20-16/h4-8,10,15,17H,9,11H2,1-3H3/b12-8+/t15-,17+/m0/s1. The first-order valence-corrected chi connectivity index (χ1v) is 8.10. The van der Waals surface area contributed by atoms with Crippen molar-refractivity contribution in [2.75, 3.05) is 20.2 Å². The number of rotatable bonds is 4. The maximum Gasteiger partial charge on any atom is 0.246 e. The van der Waals surface area contributed by atoms with Crippen molar-refractivity contribution in [2.24, 2.45) is 7.05 Å². The molecule has 25 heavy (non-hydrogen) atoms. The van der Waals surface area contributed by atoms with Crippen LogP contribution in [0.3, 0.4) is 0 Å². The van der Waals surface area contributed by atoms with Crippen molar-refractivity contribution in [1.29, 1.82) is 0 Å². The van der Waals surface area contributed by atoms with Crippen LogP contribution in [0, 0.1) is 5.82 Å². The summed E-state index contributed by atoms with van der Waals surface area (Å²) in [5.74, 6) is -0.380. The molecule has 6 nitrogen and oxygen atoms in total. The first-order chi connectivity index (χ1) is 12.0. The highest BCUT2D eigenvalue weighted by molar-refractivity contribution is 5.95. The van der Waals surface area contributed by atoms with Crippen molar-refractivity contribution in [3.8, 4) is 0 Å². The van der Waals surface area contributed by atoms with Crippen molar-refractivity contribution >= 4 is 11.5 Å². The molecule has 7 heteroatoms. The van der Waals surface area contributed by atoms with Crippen LogP contribution < -0.4 is 0 Å². The highest BCUT2D eigenvalue weighted by Crippen LogP contribution is 2.28. The van der Waals surface area contributed by atoms with E-state index in [0.717, 1.165) is 16.8 Å². The number of nitrogens with zero attached hydrogens (tertiary/aromatic N) is 4. The van der Waals surface area contributed by atoms with Gasteiger partial charge >= 0.3 is 0 Å². The van der Waals surface area contributed by atoms with Crippen LogP contribution in [0.1, 0.15) is 24.1 Å². The van der Waals surface area contributed by atoms with Crippen molar-refractivity contribution in [1.82, 2.24) is 19.9 Å². The minimum absolute atomic E-state index is 0.00202. The number of carbonyl (C=O) groups excluding carboxylic acids is 1. The number of hydrogen-bond acceptors (Lipinski definition) is 4. The quantitative estimate of drug-likeness (QED) is 0.796. The van der Waals surface area contributed by atoms with Gasteiger partial charge in [-0.3, -0.25) is 9.48 Å². The molecule has 0 saturated carbocycles. The summed E-state index contributed by atoms with van der Waals surface area (Å²) in [4.78, 5) is 14.4. The van der Waals surface area contributed by atoms with Gasteiger partial charge in [-0.25, -0.2) is 4.39 Å². The van der Waals surface area contributed by atoms with Gasteiger partial charge in [-0.1, -0.05) is 17.3 Å². The summed E-state index contributed by atoms with van der Waals surface area (Å²) in [5.41, 5.74) is 2.44. The topological polar surface area (TPSA) is 60.2 Å². The smallest absolute Gasteiger partial charge is 0.246 e. The number of ether oxygens (including phenoxy) is 1. The van der Waals surface area contributed by atoms with Gasteiger partial charge in [-0.05, 0) is 30.2 Å². The van der Waals surface area contributed by atoms with E-state index in [4.69, 9.17) is 4.74 Å². The third kappa shape index (κ3) is 3.76. The highest BCUT2D eigenvalue weighted by atomic mass is 19.1. The van der Waals surface area contributed by atoms with Crippen molar-refractivity contribution in [3.05, 3.63) is 53.6 Å². The van der Waals surface area contributed by atoms with Gasteiger partial charge in [0.2, 0.25) is 5.91 Å². The van der Waals surface area contributed by atoms with E-state index < -0.39 is 0 Å². The van der Waals surface area contributed by atoms with Gasteiger partial charge in [0.05, 0.1) is 17.7 Å². The number of likely N-dealkylation sites (tertiary alicyclic amines) is 1. The average molecular weight is 344 g/mol. The van der Waals surface area contributed by atoms with Gasteiger partial charge in [0.1, 0.15) is 5.82 Å². The molecule has 2 atom stereocenters. The summed E-state index contributed by atoms with van der Waals surface area (Å²) in [6, 6.07) is 6.10. The third-order valence-corrected chi connectivity index (χ3v) is 4.52. The number of methoxy groups -OCH3 is 1. The van der Waals surface area contributed by atoms with Gasteiger partial charge in [0.25, 0.3) is 0 Å². The van der Waals surface area contributed by atoms with Crippen LogP contribution in [-0.2, 0) is 16.6 Å². The summed E-state index contributed by atoms with van der Waals surface area (Å²) < 4.78 is 20.2. The van der Waals surface area contributed by atoms with Crippen LogP contribution in [0.5, 0.6) is 0 Å². The van der Waals surface area contributed by atoms with E-state index in [1.54, 1.807) is 34.9 Å². The molecule has 2 heterocycles. The SMILES string of the molecule is CO[C@@H]1CN(C(=O)/C=C(\C)c2ccc(F)cc2)C[C@H]1c1cn(C)nn1. The Morgan fingerprint density at radius 3 is 2.64 bits per heavy atom. The zero-order chi connectivity index (χ0) is 18.0. The molecule has 3 rings (SSSR count). The summed E-state index contributed by atoms with van der Waals surface area (Å²) in [5, 5.41) is 8.11. The second-order valence-corrected chi connectivity index (χ2v) is 6.28. The molecule has 0 aliphatic carbocycles. The predicted molar refractivity (Wildman–Crippen MR) is 91.2 cm³/mol. The minimum Gasteiger partial charge on any atom is -0.379 e. The third-order valence-electron chi connectivity index (χ3n) is 4.52. The molecule has 2 aromatic rings. The molecule has 0 bridgehead atoms. The summed E-state index contributed by atoms with van der Waals surface area (Å²) in [6.07, 6.45) is 3.32. The zero-order valence-electron chi connectivity index (χ0n) is 14.5. The Hall–Kier alpha value is -2.54. The molecule has 1 saturated heterocycles. The van der Waals surface area contributed by atoms with E-state index in [9.17, 15) is 9.18 Å². The molecule has 0 spiro atoms. The van der Waals surface area contributed by atoms with Gasteiger partial charge in [-0.2, -0.15) is 0 Å². The Bertz CT molecular complexity index is 785. The van der Waals surface area contributed by atoms with E-state index in [2.05, 4.69) is 10.3 Å². The van der Waals surface area contributed by atoms with E-state index in [0.29, 0.717) is 13.1 Å². The Labute approximate surface area is 145 Å². The first kappa shape index (κ1) is 17.3. The molecule has 1 amide bonds. The van der Waals surface area contributed by atoms with Crippen molar-refractivity contribution in [2.45, 2.75) is 18.9 Å². The van der Waals surface area contributed by atoms with Crippen LogP contribution in [0.15, 0.2) is 36.5 Å². The fourth-order valence-electron chi connectivity index (χ4n) is 3.08. The summed E-state index contributed by atoms with van der Waals surface area (Å²) in [7, 11) is 3.45. The van der Waals surface area contributed by atoms with Crippen LogP contribution in [0.2, 0.25) is 0 Å². The molecule has 0 unspecified atom stereocenters. The maximum absolute atomic E-state index is 13.0. The van der Waals surface area contributed by atoms with Crippen molar-refractivity contribution < 1.29 is 13.9 Å². The van der Waals surface area contributed by atoms with E-state index in [-0.39, 0.29) is 23.7 Å². The minimum atomic E-state index is -0.294. The van der Waals surface area contributed by atoms with Gasteiger partial charge < -0.3 is 9.64 Å². The second kappa shape index (κ2) is 7.14. The number of halogens is 1. The molecule has 1 aromatic carbocycles. The molecule has 0 N–H and O–H groups in total. The maximum atomic E-state index is 13.0.